The molecule has 0 aliphatic heterocycles. The van der Waals surface area contributed by atoms with Crippen LogP contribution >= 0.6 is 0 Å². The average molecular weight is 250 g/mol. The van der Waals surface area contributed by atoms with E-state index in [0.717, 1.165) is 11.3 Å². The molecule has 0 spiro atoms. The summed E-state index contributed by atoms with van der Waals surface area (Å²) in [4.78, 5) is 15.1. The van der Waals surface area contributed by atoms with Crippen LogP contribution in [0.4, 0.5) is 5.69 Å². The third kappa shape index (κ3) is 3.47. The van der Waals surface area contributed by atoms with Crippen molar-refractivity contribution < 1.29 is 9.90 Å². The molecule has 18 heavy (non-hydrogen) atoms. The second kappa shape index (κ2) is 6.40. The zero-order valence-electron chi connectivity index (χ0n) is 11.6. The van der Waals surface area contributed by atoms with E-state index in [1.165, 1.54) is 0 Å². The number of carbonyl (C=O) groups excluding carboxylic acids is 1. The molecule has 4 heteroatoms. The van der Waals surface area contributed by atoms with Crippen molar-refractivity contribution in [3.8, 4) is 0 Å². The first-order chi connectivity index (χ1) is 8.47. The molecular formula is C14H22N2O2. The van der Waals surface area contributed by atoms with Gasteiger partial charge in [0.25, 0.3) is 0 Å². The van der Waals surface area contributed by atoms with E-state index in [-0.39, 0.29) is 5.91 Å². The van der Waals surface area contributed by atoms with Gasteiger partial charge in [0.15, 0.2) is 0 Å². The number of likely N-dealkylation sites (N-methyl/N-ethyl adjacent to an activating group) is 2. The van der Waals surface area contributed by atoms with Crippen molar-refractivity contribution in [1.29, 1.82) is 0 Å². The number of anilines is 1. The minimum atomic E-state index is -0.488. The summed E-state index contributed by atoms with van der Waals surface area (Å²) >= 11 is 0. The summed E-state index contributed by atoms with van der Waals surface area (Å²) in [6.45, 7) is 2.24. The third-order valence-corrected chi connectivity index (χ3v) is 2.96. The highest BCUT2D eigenvalue weighted by Gasteiger charge is 2.15. The highest BCUT2D eigenvalue weighted by Crippen LogP contribution is 2.27. The van der Waals surface area contributed by atoms with Crippen LogP contribution in [0.25, 0.3) is 0 Å². The van der Waals surface area contributed by atoms with Crippen molar-refractivity contribution in [3.63, 3.8) is 0 Å². The number of hydrogen-bond donors (Lipinski definition) is 1. The van der Waals surface area contributed by atoms with E-state index in [4.69, 9.17) is 0 Å². The van der Waals surface area contributed by atoms with E-state index in [9.17, 15) is 9.90 Å². The lowest BCUT2D eigenvalue weighted by molar-refractivity contribution is -0.127. The van der Waals surface area contributed by atoms with Gasteiger partial charge in [-0.3, -0.25) is 4.79 Å². The number of rotatable bonds is 5. The molecule has 0 heterocycles. The summed E-state index contributed by atoms with van der Waals surface area (Å²) in [6.07, 6.45) is 0.171. The van der Waals surface area contributed by atoms with Gasteiger partial charge in [-0.1, -0.05) is 25.1 Å². The molecule has 4 nitrogen and oxygen atoms in total. The fourth-order valence-electron chi connectivity index (χ4n) is 1.77. The molecule has 0 radical (unpaired) electrons. The first-order valence-electron chi connectivity index (χ1n) is 6.15. The van der Waals surface area contributed by atoms with Crippen LogP contribution in [0.3, 0.4) is 0 Å². The Bertz CT molecular complexity index is 405. The Morgan fingerprint density at radius 3 is 2.44 bits per heavy atom. The Kier molecular flexibility index (Phi) is 5.16. The van der Waals surface area contributed by atoms with Crippen LogP contribution < -0.4 is 4.90 Å². The molecule has 1 aromatic rings. The number of aliphatic hydroxyl groups excluding tert-OH is 1. The van der Waals surface area contributed by atoms with Crippen molar-refractivity contribution in [2.24, 2.45) is 0 Å². The molecule has 0 aliphatic carbocycles. The summed E-state index contributed by atoms with van der Waals surface area (Å²) in [6, 6.07) is 7.65. The predicted molar refractivity (Wildman–Crippen MR) is 73.7 cm³/mol. The first kappa shape index (κ1) is 14.5. The normalized spacial score (nSPS) is 12.1. The fourth-order valence-corrected chi connectivity index (χ4v) is 1.77. The van der Waals surface area contributed by atoms with Crippen molar-refractivity contribution in [1.82, 2.24) is 4.90 Å². The molecule has 0 aliphatic rings. The van der Waals surface area contributed by atoms with Crippen LogP contribution in [0.1, 0.15) is 25.0 Å². The number of aliphatic hydroxyl groups is 1. The fraction of sp³-hybridized carbons (Fsp3) is 0.500. The minimum Gasteiger partial charge on any atom is -0.388 e. The Morgan fingerprint density at radius 1 is 1.28 bits per heavy atom. The van der Waals surface area contributed by atoms with Gasteiger partial charge < -0.3 is 14.9 Å². The maximum atomic E-state index is 11.7. The standard InChI is InChI=1S/C14H22N2O2/c1-5-13(17)11-8-6-7-9-12(11)16(4)10-14(18)15(2)3/h6-9,13,17H,5,10H2,1-4H3. The smallest absolute Gasteiger partial charge is 0.241 e. The van der Waals surface area contributed by atoms with Crippen LogP contribution in [0.5, 0.6) is 0 Å². The molecular weight excluding hydrogens is 228 g/mol. The molecule has 1 N–H and O–H groups in total. The Hall–Kier alpha value is -1.55. The van der Waals surface area contributed by atoms with Gasteiger partial charge in [0.05, 0.1) is 12.6 Å². The lowest BCUT2D eigenvalue weighted by Crippen LogP contribution is -2.34. The van der Waals surface area contributed by atoms with Crippen molar-refractivity contribution in [2.45, 2.75) is 19.4 Å². The van der Waals surface area contributed by atoms with Crippen molar-refractivity contribution in [2.75, 3.05) is 32.6 Å². The van der Waals surface area contributed by atoms with Crippen LogP contribution in [0.15, 0.2) is 24.3 Å². The summed E-state index contributed by atoms with van der Waals surface area (Å²) in [5, 5.41) is 9.98. The van der Waals surface area contributed by atoms with Crippen LogP contribution in [-0.2, 0) is 4.79 Å². The van der Waals surface area contributed by atoms with Gasteiger partial charge in [0.1, 0.15) is 0 Å². The topological polar surface area (TPSA) is 43.8 Å². The lowest BCUT2D eigenvalue weighted by Gasteiger charge is -2.25. The Balaban J connectivity index is 2.91. The Morgan fingerprint density at radius 2 is 1.89 bits per heavy atom. The van der Waals surface area contributed by atoms with E-state index < -0.39 is 6.10 Å². The highest BCUT2D eigenvalue weighted by atomic mass is 16.3. The van der Waals surface area contributed by atoms with Gasteiger partial charge in [-0.25, -0.2) is 0 Å². The van der Waals surface area contributed by atoms with Gasteiger partial charge in [-0.05, 0) is 12.5 Å². The van der Waals surface area contributed by atoms with Gasteiger partial charge in [0.2, 0.25) is 5.91 Å². The zero-order chi connectivity index (χ0) is 13.7. The van der Waals surface area contributed by atoms with Gasteiger partial charge >= 0.3 is 0 Å². The maximum absolute atomic E-state index is 11.7. The van der Waals surface area contributed by atoms with Crippen molar-refractivity contribution >= 4 is 11.6 Å². The van der Waals surface area contributed by atoms with Gasteiger partial charge in [-0.15, -0.1) is 0 Å². The van der Waals surface area contributed by atoms with E-state index in [1.807, 2.05) is 43.1 Å². The number of benzene rings is 1. The van der Waals surface area contributed by atoms with E-state index in [2.05, 4.69) is 0 Å². The molecule has 0 fully saturated rings. The molecule has 0 bridgehead atoms. The highest BCUT2D eigenvalue weighted by molar-refractivity contribution is 5.81. The molecule has 1 aromatic carbocycles. The van der Waals surface area contributed by atoms with Crippen LogP contribution in [0, 0.1) is 0 Å². The largest absolute Gasteiger partial charge is 0.388 e. The van der Waals surface area contributed by atoms with Crippen LogP contribution in [0.2, 0.25) is 0 Å². The zero-order valence-corrected chi connectivity index (χ0v) is 11.6. The summed E-state index contributed by atoms with van der Waals surface area (Å²) in [5.74, 6) is 0.0401. The third-order valence-electron chi connectivity index (χ3n) is 2.96. The van der Waals surface area contributed by atoms with Gasteiger partial charge in [0, 0.05) is 32.4 Å². The predicted octanol–water partition coefficient (Wildman–Crippen LogP) is 1.65. The summed E-state index contributed by atoms with van der Waals surface area (Å²) in [5.41, 5.74) is 1.77. The van der Waals surface area contributed by atoms with E-state index in [0.29, 0.717) is 13.0 Å². The molecule has 0 aromatic heterocycles. The van der Waals surface area contributed by atoms with Crippen molar-refractivity contribution in [3.05, 3.63) is 29.8 Å². The Labute approximate surface area is 109 Å². The second-order valence-corrected chi connectivity index (χ2v) is 4.63. The molecule has 0 saturated heterocycles. The van der Waals surface area contributed by atoms with Crippen LogP contribution in [-0.4, -0.2) is 43.6 Å². The summed E-state index contributed by atoms with van der Waals surface area (Å²) < 4.78 is 0. The number of hydrogen-bond acceptors (Lipinski definition) is 3. The molecule has 1 amide bonds. The number of carbonyl (C=O) groups is 1. The maximum Gasteiger partial charge on any atom is 0.241 e. The quantitative estimate of drug-likeness (QED) is 0.864. The van der Waals surface area contributed by atoms with E-state index >= 15 is 0 Å². The molecule has 1 unspecified atom stereocenters. The number of nitrogens with zero attached hydrogens (tertiary/aromatic N) is 2. The molecule has 1 atom stereocenters. The monoisotopic (exact) mass is 250 g/mol. The number of para-hydroxylation sites is 1. The molecule has 100 valence electrons. The molecule has 0 saturated carbocycles. The molecule has 1 rings (SSSR count). The number of amides is 1. The van der Waals surface area contributed by atoms with Gasteiger partial charge in [-0.2, -0.15) is 0 Å². The lowest BCUT2D eigenvalue weighted by atomic mass is 10.0. The first-order valence-corrected chi connectivity index (χ1v) is 6.15. The average Bonchev–Trinajstić information content (AvgIpc) is 2.37. The minimum absolute atomic E-state index is 0.0401. The second-order valence-electron chi connectivity index (χ2n) is 4.63. The SMILES string of the molecule is CCC(O)c1ccccc1N(C)CC(=O)N(C)C. The van der Waals surface area contributed by atoms with E-state index in [1.54, 1.807) is 19.0 Å². The summed E-state index contributed by atoms with van der Waals surface area (Å²) in [7, 11) is 5.34.